The van der Waals surface area contributed by atoms with Crippen molar-refractivity contribution in [3.63, 3.8) is 0 Å². The minimum Gasteiger partial charge on any atom is -0.353 e. The van der Waals surface area contributed by atoms with Gasteiger partial charge in [-0.3, -0.25) is 9.59 Å². The van der Waals surface area contributed by atoms with Gasteiger partial charge in [0.25, 0.3) is 0 Å². The van der Waals surface area contributed by atoms with Crippen molar-refractivity contribution in [3.05, 3.63) is 29.8 Å². The van der Waals surface area contributed by atoms with Crippen LogP contribution in [0.1, 0.15) is 44.1 Å². The van der Waals surface area contributed by atoms with E-state index in [1.54, 1.807) is 0 Å². The minimum atomic E-state index is -0.162. The minimum absolute atomic E-state index is 0.0346. The van der Waals surface area contributed by atoms with Gasteiger partial charge in [0.15, 0.2) is 0 Å². The van der Waals surface area contributed by atoms with Crippen molar-refractivity contribution in [1.29, 1.82) is 0 Å². The van der Waals surface area contributed by atoms with Gasteiger partial charge in [-0.1, -0.05) is 37.0 Å². The van der Waals surface area contributed by atoms with E-state index < -0.39 is 0 Å². The first-order valence-electron chi connectivity index (χ1n) is 8.31. The van der Waals surface area contributed by atoms with Crippen molar-refractivity contribution < 1.29 is 9.59 Å². The van der Waals surface area contributed by atoms with Crippen molar-refractivity contribution >= 4 is 17.5 Å². The lowest BCUT2D eigenvalue weighted by atomic mass is 9.95. The van der Waals surface area contributed by atoms with E-state index in [-0.39, 0.29) is 23.7 Å². The van der Waals surface area contributed by atoms with Gasteiger partial charge < -0.3 is 10.6 Å². The quantitative estimate of drug-likeness (QED) is 0.898. The Morgan fingerprint density at radius 1 is 0.955 bits per heavy atom. The van der Waals surface area contributed by atoms with Crippen LogP contribution >= 0.6 is 0 Å². The van der Waals surface area contributed by atoms with Crippen LogP contribution in [0.2, 0.25) is 0 Å². The van der Waals surface area contributed by atoms with E-state index in [4.69, 9.17) is 0 Å². The summed E-state index contributed by atoms with van der Waals surface area (Å²) >= 11 is 0. The van der Waals surface area contributed by atoms with Gasteiger partial charge in [0.05, 0.1) is 11.8 Å². The Morgan fingerprint density at radius 2 is 1.59 bits per heavy atom. The molecule has 22 heavy (non-hydrogen) atoms. The number of carbonyl (C=O) groups is 2. The Kier molecular flexibility index (Phi) is 4.46. The summed E-state index contributed by atoms with van der Waals surface area (Å²) in [6.07, 6.45) is 6.52. The van der Waals surface area contributed by atoms with Crippen LogP contribution < -0.4 is 10.6 Å². The smallest absolute Gasteiger partial charge is 0.228 e. The number of amides is 2. The van der Waals surface area contributed by atoms with E-state index in [1.807, 2.05) is 31.2 Å². The third-order valence-corrected chi connectivity index (χ3v) is 4.73. The largest absolute Gasteiger partial charge is 0.353 e. The highest BCUT2D eigenvalue weighted by atomic mass is 16.2. The van der Waals surface area contributed by atoms with Gasteiger partial charge in [-0.15, -0.1) is 0 Å². The second kappa shape index (κ2) is 6.51. The van der Waals surface area contributed by atoms with Gasteiger partial charge in [0, 0.05) is 11.7 Å². The maximum Gasteiger partial charge on any atom is 0.228 e. The van der Waals surface area contributed by atoms with Crippen molar-refractivity contribution in [2.24, 2.45) is 11.8 Å². The first kappa shape index (κ1) is 15.1. The molecular weight excluding hydrogens is 276 g/mol. The monoisotopic (exact) mass is 300 g/mol. The van der Waals surface area contributed by atoms with Crippen molar-refractivity contribution in [3.8, 4) is 0 Å². The number of hydrogen-bond donors (Lipinski definition) is 2. The second-order valence-corrected chi connectivity index (χ2v) is 6.65. The third kappa shape index (κ3) is 3.67. The van der Waals surface area contributed by atoms with E-state index in [9.17, 15) is 9.59 Å². The first-order valence-corrected chi connectivity index (χ1v) is 8.31. The highest BCUT2D eigenvalue weighted by molar-refractivity contribution is 5.99. The Morgan fingerprint density at radius 3 is 2.27 bits per heavy atom. The van der Waals surface area contributed by atoms with Crippen LogP contribution in [0.15, 0.2) is 24.3 Å². The molecule has 2 aliphatic carbocycles. The normalized spacial score (nSPS) is 24.6. The van der Waals surface area contributed by atoms with Gasteiger partial charge in [-0.05, 0) is 38.3 Å². The summed E-state index contributed by atoms with van der Waals surface area (Å²) in [6, 6.07) is 8.05. The highest BCUT2D eigenvalue weighted by Gasteiger charge is 2.48. The van der Waals surface area contributed by atoms with E-state index in [2.05, 4.69) is 10.6 Å². The molecule has 0 radical (unpaired) electrons. The summed E-state index contributed by atoms with van der Waals surface area (Å²) in [5, 5.41) is 6.02. The van der Waals surface area contributed by atoms with Crippen LogP contribution in [0.4, 0.5) is 5.69 Å². The molecule has 2 N–H and O–H groups in total. The lowest BCUT2D eigenvalue weighted by Gasteiger charge is -2.22. The molecule has 2 unspecified atom stereocenters. The first-order chi connectivity index (χ1) is 10.6. The summed E-state index contributed by atoms with van der Waals surface area (Å²) < 4.78 is 0. The molecule has 0 aliphatic heterocycles. The molecule has 4 nitrogen and oxygen atoms in total. The summed E-state index contributed by atoms with van der Waals surface area (Å²) in [6.45, 7) is 2.01. The van der Waals surface area contributed by atoms with Gasteiger partial charge in [-0.2, -0.15) is 0 Å². The zero-order valence-electron chi connectivity index (χ0n) is 13.1. The number of rotatable bonds is 4. The third-order valence-electron chi connectivity index (χ3n) is 4.73. The Labute approximate surface area is 131 Å². The average Bonchev–Trinajstić information content (AvgIpc) is 3.31. The zero-order chi connectivity index (χ0) is 15.5. The number of hydrogen-bond acceptors (Lipinski definition) is 2. The summed E-state index contributed by atoms with van der Waals surface area (Å²) in [7, 11) is 0. The van der Waals surface area contributed by atoms with Crippen LogP contribution in [0.25, 0.3) is 0 Å². The van der Waals surface area contributed by atoms with E-state index >= 15 is 0 Å². The van der Waals surface area contributed by atoms with Gasteiger partial charge in [-0.25, -0.2) is 0 Å². The maximum atomic E-state index is 12.2. The molecule has 2 aliphatic rings. The Bertz CT molecular complexity index is 547. The molecule has 1 aromatic carbocycles. The number of aryl methyl sites for hydroxylation is 1. The fraction of sp³-hybridized carbons (Fsp3) is 0.556. The predicted molar refractivity (Wildman–Crippen MR) is 86.4 cm³/mol. The van der Waals surface area contributed by atoms with Crippen molar-refractivity contribution in [2.75, 3.05) is 5.32 Å². The SMILES string of the molecule is Cc1ccc(NC(=O)C2CC2C(=O)NC2CCCCC2)cc1. The molecule has 0 aromatic heterocycles. The molecule has 2 saturated carbocycles. The maximum absolute atomic E-state index is 12.2. The lowest BCUT2D eigenvalue weighted by molar-refractivity contribution is -0.126. The van der Waals surface area contributed by atoms with Crippen LogP contribution in [0.5, 0.6) is 0 Å². The van der Waals surface area contributed by atoms with Crippen molar-refractivity contribution in [2.45, 2.75) is 51.5 Å². The second-order valence-electron chi connectivity index (χ2n) is 6.65. The molecule has 118 valence electrons. The molecule has 2 atom stereocenters. The molecular formula is C18H24N2O2. The highest BCUT2D eigenvalue weighted by Crippen LogP contribution is 2.39. The lowest BCUT2D eigenvalue weighted by Crippen LogP contribution is -2.37. The number of benzene rings is 1. The van der Waals surface area contributed by atoms with Crippen LogP contribution in [0.3, 0.4) is 0 Å². The van der Waals surface area contributed by atoms with Crippen LogP contribution in [0, 0.1) is 18.8 Å². The molecule has 0 heterocycles. The fourth-order valence-corrected chi connectivity index (χ4v) is 3.20. The van der Waals surface area contributed by atoms with E-state index in [1.165, 1.54) is 19.3 Å². The molecule has 0 bridgehead atoms. The predicted octanol–water partition coefficient (Wildman–Crippen LogP) is 3.02. The van der Waals surface area contributed by atoms with E-state index in [0.717, 1.165) is 24.1 Å². The molecule has 1 aromatic rings. The van der Waals surface area contributed by atoms with Crippen LogP contribution in [-0.2, 0) is 9.59 Å². The Balaban J connectivity index is 1.47. The summed E-state index contributed by atoms with van der Waals surface area (Å²) in [5.41, 5.74) is 1.96. The summed E-state index contributed by atoms with van der Waals surface area (Å²) in [5.74, 6) is -0.263. The number of anilines is 1. The standard InChI is InChI=1S/C18H24N2O2/c1-12-7-9-14(10-8-12)20-18(22)16-11-15(16)17(21)19-13-5-3-2-4-6-13/h7-10,13,15-16H,2-6,11H2,1H3,(H,19,21)(H,20,22). The number of nitrogens with one attached hydrogen (secondary N) is 2. The molecule has 0 saturated heterocycles. The topological polar surface area (TPSA) is 58.2 Å². The van der Waals surface area contributed by atoms with E-state index in [0.29, 0.717) is 12.5 Å². The average molecular weight is 300 g/mol. The van der Waals surface area contributed by atoms with Crippen LogP contribution in [-0.4, -0.2) is 17.9 Å². The Hall–Kier alpha value is -1.84. The molecule has 4 heteroatoms. The zero-order valence-corrected chi connectivity index (χ0v) is 13.1. The van der Waals surface area contributed by atoms with Gasteiger partial charge >= 0.3 is 0 Å². The fourth-order valence-electron chi connectivity index (χ4n) is 3.20. The summed E-state index contributed by atoms with van der Waals surface area (Å²) in [4.78, 5) is 24.4. The molecule has 3 rings (SSSR count). The molecule has 2 amide bonds. The van der Waals surface area contributed by atoms with Gasteiger partial charge in [0.2, 0.25) is 11.8 Å². The molecule has 0 spiro atoms. The van der Waals surface area contributed by atoms with Gasteiger partial charge in [0.1, 0.15) is 0 Å². The number of carbonyl (C=O) groups excluding carboxylic acids is 2. The van der Waals surface area contributed by atoms with Crippen molar-refractivity contribution in [1.82, 2.24) is 5.32 Å². The molecule has 2 fully saturated rings.